The number of hydrogen-bond acceptors (Lipinski definition) is 4. The van der Waals surface area contributed by atoms with Crippen molar-refractivity contribution in [2.24, 2.45) is 0 Å². The Morgan fingerprint density at radius 1 is 1.64 bits per heavy atom. The first-order chi connectivity index (χ1) is 6.74. The summed E-state index contributed by atoms with van der Waals surface area (Å²) in [5.41, 5.74) is 0.738. The molecule has 0 aliphatic carbocycles. The van der Waals surface area contributed by atoms with Crippen LogP contribution >= 0.6 is 0 Å². The summed E-state index contributed by atoms with van der Waals surface area (Å²) in [4.78, 5) is 21.3. The minimum absolute atomic E-state index is 0.0646. The predicted molar refractivity (Wildman–Crippen MR) is 53.1 cm³/mol. The van der Waals surface area contributed by atoms with Gasteiger partial charge in [-0.15, -0.1) is 0 Å². The van der Waals surface area contributed by atoms with Gasteiger partial charge in [-0.05, 0) is 6.42 Å². The van der Waals surface area contributed by atoms with Crippen LogP contribution in [0.2, 0.25) is 0 Å². The Labute approximate surface area is 82.2 Å². The first-order valence-electron chi connectivity index (χ1n) is 4.58. The number of hydrogen-bond donors (Lipinski definition) is 1. The minimum Gasteiger partial charge on any atom is -0.357 e. The lowest BCUT2D eigenvalue weighted by Gasteiger charge is -2.30. The molecule has 0 saturated heterocycles. The van der Waals surface area contributed by atoms with E-state index in [1.807, 2.05) is 6.92 Å². The standard InChI is InChI=1S/C9H12N4O/c1-3-6-9(14)13(2)7-4-10-5-11-8(7)12-6/h4-6H,3H2,1-2H3,(H,10,11,12). The van der Waals surface area contributed by atoms with Crippen molar-refractivity contribution in [3.8, 4) is 0 Å². The zero-order valence-corrected chi connectivity index (χ0v) is 8.19. The molecule has 74 valence electrons. The SMILES string of the molecule is CCC1Nc2ncncc2N(C)C1=O. The number of carbonyl (C=O) groups excluding carboxylic acids is 1. The van der Waals surface area contributed by atoms with Crippen LogP contribution in [0.4, 0.5) is 11.5 Å². The van der Waals surface area contributed by atoms with Crippen LogP contribution < -0.4 is 10.2 Å². The maximum atomic E-state index is 11.7. The maximum absolute atomic E-state index is 11.7. The number of rotatable bonds is 1. The van der Waals surface area contributed by atoms with Gasteiger partial charge in [0.1, 0.15) is 18.1 Å². The highest BCUT2D eigenvalue weighted by molar-refractivity contribution is 6.03. The van der Waals surface area contributed by atoms with Crippen molar-refractivity contribution >= 4 is 17.4 Å². The summed E-state index contributed by atoms with van der Waals surface area (Å²) in [6.45, 7) is 1.97. The van der Waals surface area contributed by atoms with Crippen molar-refractivity contribution in [3.63, 3.8) is 0 Å². The van der Waals surface area contributed by atoms with E-state index in [1.165, 1.54) is 6.33 Å². The van der Waals surface area contributed by atoms with Crippen LogP contribution in [-0.2, 0) is 4.79 Å². The number of anilines is 2. The van der Waals surface area contributed by atoms with Crippen molar-refractivity contribution in [1.29, 1.82) is 0 Å². The molecule has 1 unspecified atom stereocenters. The Hall–Kier alpha value is -1.65. The van der Waals surface area contributed by atoms with Gasteiger partial charge in [-0.1, -0.05) is 6.92 Å². The number of nitrogens with one attached hydrogen (secondary N) is 1. The monoisotopic (exact) mass is 192 g/mol. The molecule has 0 aromatic carbocycles. The van der Waals surface area contributed by atoms with Crippen molar-refractivity contribution < 1.29 is 4.79 Å². The molecule has 2 heterocycles. The molecular weight excluding hydrogens is 180 g/mol. The highest BCUT2D eigenvalue weighted by Crippen LogP contribution is 2.27. The number of fused-ring (bicyclic) bond motifs is 1. The summed E-state index contributed by atoms with van der Waals surface area (Å²) in [6, 6.07) is -0.164. The van der Waals surface area contributed by atoms with Gasteiger partial charge in [-0.3, -0.25) is 4.79 Å². The Bertz CT molecular complexity index is 366. The van der Waals surface area contributed by atoms with Gasteiger partial charge in [0.05, 0.1) is 6.20 Å². The van der Waals surface area contributed by atoms with Gasteiger partial charge < -0.3 is 10.2 Å². The number of carbonyl (C=O) groups is 1. The highest BCUT2D eigenvalue weighted by atomic mass is 16.2. The number of amides is 1. The van der Waals surface area contributed by atoms with Gasteiger partial charge in [0.25, 0.3) is 0 Å². The molecule has 0 radical (unpaired) electrons. The molecule has 1 aromatic rings. The Balaban J connectivity index is 2.42. The molecule has 5 nitrogen and oxygen atoms in total. The quantitative estimate of drug-likeness (QED) is 0.709. The second kappa shape index (κ2) is 3.25. The van der Waals surface area contributed by atoms with Crippen LogP contribution in [0, 0.1) is 0 Å². The fourth-order valence-electron chi connectivity index (χ4n) is 1.53. The van der Waals surface area contributed by atoms with E-state index >= 15 is 0 Å². The third-order valence-electron chi connectivity index (χ3n) is 2.40. The largest absolute Gasteiger partial charge is 0.357 e. The number of nitrogens with zero attached hydrogens (tertiary/aromatic N) is 3. The fraction of sp³-hybridized carbons (Fsp3) is 0.444. The lowest BCUT2D eigenvalue weighted by Crippen LogP contribution is -2.45. The molecule has 1 aromatic heterocycles. The lowest BCUT2D eigenvalue weighted by molar-refractivity contribution is -0.119. The molecule has 1 aliphatic heterocycles. The predicted octanol–water partition coefficient (Wildman–Crippen LogP) is 0.643. The van der Waals surface area contributed by atoms with Gasteiger partial charge >= 0.3 is 0 Å². The summed E-state index contributed by atoms with van der Waals surface area (Å²) < 4.78 is 0. The normalized spacial score (nSPS) is 20.3. The fourth-order valence-corrected chi connectivity index (χ4v) is 1.53. The molecule has 0 spiro atoms. The minimum atomic E-state index is -0.164. The Morgan fingerprint density at radius 2 is 2.43 bits per heavy atom. The van der Waals surface area contributed by atoms with Gasteiger partial charge in [-0.2, -0.15) is 0 Å². The van der Waals surface area contributed by atoms with Crippen LogP contribution in [0.25, 0.3) is 0 Å². The van der Waals surface area contributed by atoms with Crippen LogP contribution in [0.1, 0.15) is 13.3 Å². The number of likely N-dealkylation sites (N-methyl/N-ethyl adjacent to an activating group) is 1. The molecule has 1 amide bonds. The number of aromatic nitrogens is 2. The molecule has 1 atom stereocenters. The van der Waals surface area contributed by atoms with E-state index in [0.717, 1.165) is 17.9 Å². The topological polar surface area (TPSA) is 58.1 Å². The van der Waals surface area contributed by atoms with Crippen molar-refractivity contribution in [1.82, 2.24) is 9.97 Å². The van der Waals surface area contributed by atoms with Crippen molar-refractivity contribution in [3.05, 3.63) is 12.5 Å². The third kappa shape index (κ3) is 1.21. The van der Waals surface area contributed by atoms with Crippen LogP contribution in [0.5, 0.6) is 0 Å². The third-order valence-corrected chi connectivity index (χ3v) is 2.40. The molecule has 1 N–H and O–H groups in total. The highest BCUT2D eigenvalue weighted by Gasteiger charge is 2.29. The molecule has 5 heteroatoms. The van der Waals surface area contributed by atoms with E-state index in [4.69, 9.17) is 0 Å². The van der Waals surface area contributed by atoms with Gasteiger partial charge in [0.15, 0.2) is 5.82 Å². The van der Waals surface area contributed by atoms with Crippen LogP contribution in [-0.4, -0.2) is 29.0 Å². The van der Waals surface area contributed by atoms with Gasteiger partial charge in [0.2, 0.25) is 5.91 Å². The molecular formula is C9H12N4O. The zero-order valence-electron chi connectivity index (χ0n) is 8.19. The van der Waals surface area contributed by atoms with Gasteiger partial charge in [0, 0.05) is 7.05 Å². The van der Waals surface area contributed by atoms with Gasteiger partial charge in [-0.25, -0.2) is 9.97 Å². The van der Waals surface area contributed by atoms with E-state index in [1.54, 1.807) is 18.1 Å². The summed E-state index contributed by atoms with van der Waals surface area (Å²) >= 11 is 0. The Morgan fingerprint density at radius 3 is 3.14 bits per heavy atom. The van der Waals surface area contributed by atoms with E-state index < -0.39 is 0 Å². The van der Waals surface area contributed by atoms with E-state index in [0.29, 0.717) is 0 Å². The lowest BCUT2D eigenvalue weighted by atomic mass is 10.1. The Kier molecular flexibility index (Phi) is 2.07. The molecule has 0 fully saturated rings. The average molecular weight is 192 g/mol. The second-order valence-electron chi connectivity index (χ2n) is 3.26. The summed E-state index contributed by atoms with van der Waals surface area (Å²) in [6.07, 6.45) is 3.87. The maximum Gasteiger partial charge on any atom is 0.249 e. The summed E-state index contributed by atoms with van der Waals surface area (Å²) in [7, 11) is 1.74. The van der Waals surface area contributed by atoms with E-state index in [9.17, 15) is 4.79 Å². The van der Waals surface area contributed by atoms with Crippen molar-refractivity contribution in [2.75, 3.05) is 17.3 Å². The molecule has 0 saturated carbocycles. The molecule has 0 bridgehead atoms. The summed E-state index contributed by atoms with van der Waals surface area (Å²) in [5.74, 6) is 0.795. The zero-order chi connectivity index (χ0) is 10.1. The molecule has 14 heavy (non-hydrogen) atoms. The first kappa shape index (κ1) is 8.93. The van der Waals surface area contributed by atoms with Crippen molar-refractivity contribution in [2.45, 2.75) is 19.4 Å². The summed E-state index contributed by atoms with van der Waals surface area (Å²) in [5, 5.41) is 3.08. The van der Waals surface area contributed by atoms with Crippen LogP contribution in [0.3, 0.4) is 0 Å². The molecule has 2 rings (SSSR count). The van der Waals surface area contributed by atoms with E-state index in [2.05, 4.69) is 15.3 Å². The molecule has 1 aliphatic rings. The second-order valence-corrected chi connectivity index (χ2v) is 3.26. The smallest absolute Gasteiger partial charge is 0.249 e. The first-order valence-corrected chi connectivity index (χ1v) is 4.58. The average Bonchev–Trinajstić information content (AvgIpc) is 2.23. The van der Waals surface area contributed by atoms with Crippen LogP contribution in [0.15, 0.2) is 12.5 Å². The van der Waals surface area contributed by atoms with E-state index in [-0.39, 0.29) is 11.9 Å².